The number of nitrogens with zero attached hydrogens (tertiary/aromatic N) is 1. The lowest BCUT2D eigenvalue weighted by Gasteiger charge is -2.34. The fourth-order valence-corrected chi connectivity index (χ4v) is 3.64. The van der Waals surface area contributed by atoms with Crippen molar-refractivity contribution in [3.8, 4) is 0 Å². The minimum atomic E-state index is -0.425. The normalized spacial score (nSPS) is 26.4. The first-order valence-electron chi connectivity index (χ1n) is 6.87. The van der Waals surface area contributed by atoms with Gasteiger partial charge in [0.05, 0.1) is 0 Å². The summed E-state index contributed by atoms with van der Waals surface area (Å²) in [5, 5.41) is 8.73. The van der Waals surface area contributed by atoms with Crippen molar-refractivity contribution in [2.24, 2.45) is 5.41 Å². The number of fused-ring (bicyclic) bond motifs is 1. The highest BCUT2D eigenvalue weighted by Crippen LogP contribution is 2.42. The van der Waals surface area contributed by atoms with Crippen molar-refractivity contribution < 1.29 is 10.0 Å². The average Bonchev–Trinajstić information content (AvgIpc) is 2.78. The van der Waals surface area contributed by atoms with Crippen LogP contribution in [-0.4, -0.2) is 36.2 Å². The molecule has 4 nitrogen and oxygen atoms in total. The summed E-state index contributed by atoms with van der Waals surface area (Å²) in [5.74, 6) is -0.425. The van der Waals surface area contributed by atoms with Crippen LogP contribution < -0.4 is 5.48 Å². The molecule has 1 spiro atoms. The summed E-state index contributed by atoms with van der Waals surface area (Å²) in [6, 6.07) is 5.77. The van der Waals surface area contributed by atoms with Crippen LogP contribution in [0.3, 0.4) is 0 Å². The van der Waals surface area contributed by atoms with Gasteiger partial charge in [-0.2, -0.15) is 0 Å². The molecule has 2 aliphatic rings. The van der Waals surface area contributed by atoms with Gasteiger partial charge in [-0.1, -0.05) is 6.07 Å². The molecule has 1 atom stereocenters. The second-order valence-corrected chi connectivity index (χ2v) is 6.09. The van der Waals surface area contributed by atoms with Crippen molar-refractivity contribution >= 4 is 5.91 Å². The van der Waals surface area contributed by atoms with Crippen LogP contribution >= 0.6 is 0 Å². The largest absolute Gasteiger partial charge is 0.306 e. The third-order valence-electron chi connectivity index (χ3n) is 4.69. The fourth-order valence-electron chi connectivity index (χ4n) is 3.64. The van der Waals surface area contributed by atoms with E-state index in [2.05, 4.69) is 11.9 Å². The number of carbonyl (C=O) groups is 1. The van der Waals surface area contributed by atoms with Gasteiger partial charge in [-0.05, 0) is 68.0 Å². The van der Waals surface area contributed by atoms with Crippen molar-refractivity contribution in [1.82, 2.24) is 10.4 Å². The van der Waals surface area contributed by atoms with Crippen molar-refractivity contribution in [3.05, 3.63) is 34.9 Å². The summed E-state index contributed by atoms with van der Waals surface area (Å²) < 4.78 is 0. The molecular weight excluding hydrogens is 240 g/mol. The van der Waals surface area contributed by atoms with Crippen LogP contribution in [0.15, 0.2) is 18.2 Å². The number of nitrogens with one attached hydrogen (secondary N) is 1. The van der Waals surface area contributed by atoms with Crippen molar-refractivity contribution in [2.75, 3.05) is 20.1 Å². The summed E-state index contributed by atoms with van der Waals surface area (Å²) >= 11 is 0. The number of hydrogen-bond donors (Lipinski definition) is 2. The van der Waals surface area contributed by atoms with E-state index in [0.29, 0.717) is 11.0 Å². The summed E-state index contributed by atoms with van der Waals surface area (Å²) in [6.45, 7) is 2.33. The molecule has 1 amide bonds. The van der Waals surface area contributed by atoms with Crippen LogP contribution in [0.25, 0.3) is 0 Å². The van der Waals surface area contributed by atoms with E-state index in [9.17, 15) is 4.79 Å². The molecule has 0 bridgehead atoms. The Kier molecular flexibility index (Phi) is 3.07. The zero-order valence-corrected chi connectivity index (χ0v) is 11.3. The Balaban J connectivity index is 1.88. The molecule has 1 heterocycles. The Labute approximate surface area is 113 Å². The number of likely N-dealkylation sites (tertiary alicyclic amines) is 1. The van der Waals surface area contributed by atoms with Gasteiger partial charge in [0.1, 0.15) is 0 Å². The number of amides is 1. The van der Waals surface area contributed by atoms with E-state index in [1.807, 2.05) is 12.1 Å². The van der Waals surface area contributed by atoms with Gasteiger partial charge in [-0.25, -0.2) is 5.48 Å². The summed E-state index contributed by atoms with van der Waals surface area (Å²) in [4.78, 5) is 13.9. The lowest BCUT2D eigenvalue weighted by atomic mass is 9.71. The highest BCUT2D eigenvalue weighted by atomic mass is 16.5. The number of hydrogen-bond acceptors (Lipinski definition) is 3. The number of benzene rings is 1. The van der Waals surface area contributed by atoms with Gasteiger partial charge in [0.25, 0.3) is 5.91 Å². The molecule has 102 valence electrons. The summed E-state index contributed by atoms with van der Waals surface area (Å²) in [5.41, 5.74) is 5.29. The maximum atomic E-state index is 11.5. The standard InChI is InChI=1S/C15H20N2O2/c1-17-7-6-15(10-17)5-4-11-2-3-12(14(18)16-19)8-13(11)9-15/h2-3,8,19H,4-7,9-10H2,1H3,(H,16,18)/t15-/m0/s1. The SMILES string of the molecule is CN1CC[C@]2(CCc3ccc(C(=O)NO)cc3C2)C1. The van der Waals surface area contributed by atoms with Crippen LogP contribution in [-0.2, 0) is 12.8 Å². The zero-order chi connectivity index (χ0) is 13.5. The molecule has 1 aromatic rings. The maximum Gasteiger partial charge on any atom is 0.274 e. The third kappa shape index (κ3) is 2.26. The Hall–Kier alpha value is -1.39. The van der Waals surface area contributed by atoms with Crippen LogP contribution in [0, 0.1) is 5.41 Å². The van der Waals surface area contributed by atoms with Gasteiger partial charge in [0, 0.05) is 12.1 Å². The predicted octanol–water partition coefficient (Wildman–Crippen LogP) is 1.62. The predicted molar refractivity (Wildman–Crippen MR) is 72.3 cm³/mol. The van der Waals surface area contributed by atoms with Crippen LogP contribution in [0.5, 0.6) is 0 Å². The molecule has 2 N–H and O–H groups in total. The van der Waals surface area contributed by atoms with E-state index in [4.69, 9.17) is 5.21 Å². The molecule has 19 heavy (non-hydrogen) atoms. The first-order valence-corrected chi connectivity index (χ1v) is 6.87. The van der Waals surface area contributed by atoms with Gasteiger partial charge >= 0.3 is 0 Å². The number of carbonyl (C=O) groups excluding carboxylic acids is 1. The molecule has 1 aliphatic heterocycles. The second-order valence-electron chi connectivity index (χ2n) is 6.09. The van der Waals surface area contributed by atoms with E-state index in [-0.39, 0.29) is 0 Å². The Morgan fingerprint density at radius 2 is 2.21 bits per heavy atom. The second kappa shape index (κ2) is 4.62. The first-order chi connectivity index (χ1) is 9.12. The Morgan fingerprint density at radius 1 is 1.37 bits per heavy atom. The van der Waals surface area contributed by atoms with Gasteiger partial charge in [0.2, 0.25) is 0 Å². The summed E-state index contributed by atoms with van der Waals surface area (Å²) in [6.07, 6.45) is 4.65. The quantitative estimate of drug-likeness (QED) is 0.596. The zero-order valence-electron chi connectivity index (χ0n) is 11.3. The van der Waals surface area contributed by atoms with Crippen LogP contribution in [0.1, 0.15) is 34.3 Å². The molecule has 1 aliphatic carbocycles. The molecule has 0 aromatic heterocycles. The Morgan fingerprint density at radius 3 is 2.89 bits per heavy atom. The lowest BCUT2D eigenvalue weighted by Crippen LogP contribution is -2.32. The van der Waals surface area contributed by atoms with E-state index in [1.165, 1.54) is 30.5 Å². The number of hydroxylamine groups is 1. The topological polar surface area (TPSA) is 52.6 Å². The smallest absolute Gasteiger partial charge is 0.274 e. The summed E-state index contributed by atoms with van der Waals surface area (Å²) in [7, 11) is 2.18. The highest BCUT2D eigenvalue weighted by molar-refractivity contribution is 5.93. The highest BCUT2D eigenvalue weighted by Gasteiger charge is 2.39. The maximum absolute atomic E-state index is 11.5. The van der Waals surface area contributed by atoms with Gasteiger partial charge in [0.15, 0.2) is 0 Å². The number of rotatable bonds is 1. The minimum absolute atomic E-state index is 0.399. The van der Waals surface area contributed by atoms with Crippen molar-refractivity contribution in [3.63, 3.8) is 0 Å². The first kappa shape index (κ1) is 12.6. The molecule has 3 rings (SSSR count). The lowest BCUT2D eigenvalue weighted by molar-refractivity contribution is 0.0706. The van der Waals surface area contributed by atoms with Crippen molar-refractivity contribution in [1.29, 1.82) is 0 Å². The van der Waals surface area contributed by atoms with Gasteiger partial charge in [-0.15, -0.1) is 0 Å². The molecule has 0 unspecified atom stereocenters. The van der Waals surface area contributed by atoms with E-state index >= 15 is 0 Å². The molecule has 1 saturated heterocycles. The monoisotopic (exact) mass is 260 g/mol. The van der Waals surface area contributed by atoms with Crippen LogP contribution in [0.2, 0.25) is 0 Å². The molecular formula is C15H20N2O2. The van der Waals surface area contributed by atoms with E-state index < -0.39 is 5.91 Å². The van der Waals surface area contributed by atoms with Gasteiger partial charge < -0.3 is 4.90 Å². The average molecular weight is 260 g/mol. The van der Waals surface area contributed by atoms with Crippen molar-refractivity contribution in [2.45, 2.75) is 25.7 Å². The van der Waals surface area contributed by atoms with Crippen LogP contribution in [0.4, 0.5) is 0 Å². The third-order valence-corrected chi connectivity index (χ3v) is 4.69. The fraction of sp³-hybridized carbons (Fsp3) is 0.533. The Bertz CT molecular complexity index is 515. The van der Waals surface area contributed by atoms with E-state index in [0.717, 1.165) is 19.4 Å². The molecule has 4 heteroatoms. The van der Waals surface area contributed by atoms with Gasteiger partial charge in [-0.3, -0.25) is 10.0 Å². The molecule has 0 radical (unpaired) electrons. The molecule has 1 fully saturated rings. The minimum Gasteiger partial charge on any atom is -0.306 e. The molecule has 1 aromatic carbocycles. The van der Waals surface area contributed by atoms with E-state index in [1.54, 1.807) is 11.5 Å². The number of aryl methyl sites for hydroxylation is 1. The molecule has 0 saturated carbocycles.